The zero-order chi connectivity index (χ0) is 14.3. The number of ether oxygens (including phenoxy) is 1. The van der Waals surface area contributed by atoms with E-state index < -0.39 is 0 Å². The average Bonchev–Trinajstić information content (AvgIpc) is 3.14. The van der Waals surface area contributed by atoms with Gasteiger partial charge in [0.15, 0.2) is 0 Å². The molecule has 3 rings (SSSR count). The number of aryl methyl sites for hydroxylation is 2. The van der Waals surface area contributed by atoms with Crippen molar-refractivity contribution < 1.29 is 4.74 Å². The molecule has 0 aromatic carbocycles. The quantitative estimate of drug-likeness (QED) is 0.909. The maximum absolute atomic E-state index is 6.69. The molecule has 1 aromatic rings. The van der Waals surface area contributed by atoms with Gasteiger partial charge in [0.25, 0.3) is 0 Å². The van der Waals surface area contributed by atoms with Gasteiger partial charge in [-0.3, -0.25) is 4.68 Å². The highest BCUT2D eigenvalue weighted by Gasteiger charge is 2.49. The van der Waals surface area contributed by atoms with Crippen molar-refractivity contribution in [3.63, 3.8) is 0 Å². The van der Waals surface area contributed by atoms with Crippen LogP contribution in [0.5, 0.6) is 0 Å². The van der Waals surface area contributed by atoms with E-state index in [0.29, 0.717) is 5.92 Å². The molecule has 0 bridgehead atoms. The van der Waals surface area contributed by atoms with Gasteiger partial charge in [-0.2, -0.15) is 5.10 Å². The topological polar surface area (TPSA) is 53.1 Å². The zero-order valence-corrected chi connectivity index (χ0v) is 13.1. The monoisotopic (exact) mass is 297 g/mol. The van der Waals surface area contributed by atoms with Crippen LogP contribution in [0.4, 0.5) is 0 Å². The largest absolute Gasteiger partial charge is 0.376 e. The average molecular weight is 298 g/mol. The minimum Gasteiger partial charge on any atom is -0.376 e. The normalized spacial score (nSPS) is 30.1. The highest BCUT2D eigenvalue weighted by molar-refractivity contribution is 6.31. The van der Waals surface area contributed by atoms with E-state index in [-0.39, 0.29) is 11.6 Å². The van der Waals surface area contributed by atoms with Crippen LogP contribution < -0.4 is 5.73 Å². The Balaban J connectivity index is 1.88. The number of nitrogens with two attached hydrogens (primary N) is 1. The van der Waals surface area contributed by atoms with E-state index >= 15 is 0 Å². The Morgan fingerprint density at radius 2 is 2.20 bits per heavy atom. The fourth-order valence-electron chi connectivity index (χ4n) is 3.38. The van der Waals surface area contributed by atoms with E-state index in [1.165, 1.54) is 12.8 Å². The lowest BCUT2D eigenvalue weighted by molar-refractivity contribution is 0.0621. The van der Waals surface area contributed by atoms with Crippen molar-refractivity contribution in [2.24, 2.45) is 11.7 Å². The molecule has 0 radical (unpaired) electrons. The number of aromatic nitrogens is 2. The molecule has 2 aliphatic rings. The lowest BCUT2D eigenvalue weighted by Crippen LogP contribution is -2.50. The molecule has 1 saturated heterocycles. The van der Waals surface area contributed by atoms with Gasteiger partial charge in [0.05, 0.1) is 28.1 Å². The van der Waals surface area contributed by atoms with E-state index in [4.69, 9.17) is 22.1 Å². The van der Waals surface area contributed by atoms with Crippen molar-refractivity contribution >= 4 is 11.6 Å². The third-order valence-electron chi connectivity index (χ3n) is 4.67. The summed E-state index contributed by atoms with van der Waals surface area (Å²) in [4.78, 5) is 0. The van der Waals surface area contributed by atoms with Crippen molar-refractivity contribution in [1.29, 1.82) is 0 Å². The first-order valence-electron chi connectivity index (χ1n) is 7.73. The summed E-state index contributed by atoms with van der Waals surface area (Å²) in [5.74, 6) is 0.657. The number of nitrogens with zero attached hydrogens (tertiary/aromatic N) is 2. The van der Waals surface area contributed by atoms with Crippen molar-refractivity contribution in [2.75, 3.05) is 6.61 Å². The van der Waals surface area contributed by atoms with Crippen LogP contribution in [-0.2, 0) is 24.1 Å². The summed E-state index contributed by atoms with van der Waals surface area (Å²) in [5, 5.41) is 5.40. The molecule has 2 unspecified atom stereocenters. The van der Waals surface area contributed by atoms with E-state index in [1.54, 1.807) is 0 Å². The lowest BCUT2D eigenvalue weighted by Gasteiger charge is -2.30. The molecule has 0 amide bonds. The van der Waals surface area contributed by atoms with Gasteiger partial charge >= 0.3 is 0 Å². The van der Waals surface area contributed by atoms with E-state index in [0.717, 1.165) is 48.8 Å². The van der Waals surface area contributed by atoms with Crippen LogP contribution in [0.1, 0.15) is 44.5 Å². The Hall–Kier alpha value is -0.580. The first-order chi connectivity index (χ1) is 9.59. The molecule has 112 valence electrons. The second kappa shape index (κ2) is 5.32. The standard InChI is InChI=1S/C15H24ClN3O/c1-3-11-13(16)12(19(4-2)18-11)9-15(17)7-8-20-14(15)10-5-6-10/h10,14H,3-9,17H2,1-2H3. The minimum atomic E-state index is -0.275. The van der Waals surface area contributed by atoms with Crippen LogP contribution in [0, 0.1) is 5.92 Å². The van der Waals surface area contributed by atoms with Gasteiger partial charge in [0.2, 0.25) is 0 Å². The van der Waals surface area contributed by atoms with Gasteiger partial charge in [-0.05, 0) is 38.5 Å². The summed E-state index contributed by atoms with van der Waals surface area (Å²) in [5.41, 5.74) is 8.49. The SMILES string of the molecule is CCc1nn(CC)c(CC2(N)CCOC2C2CC2)c1Cl. The second-order valence-corrected chi connectivity index (χ2v) is 6.54. The third kappa shape index (κ3) is 2.38. The van der Waals surface area contributed by atoms with Crippen molar-refractivity contribution in [3.05, 3.63) is 16.4 Å². The highest BCUT2D eigenvalue weighted by Crippen LogP contribution is 2.44. The van der Waals surface area contributed by atoms with Crippen molar-refractivity contribution in [3.8, 4) is 0 Å². The Morgan fingerprint density at radius 3 is 2.80 bits per heavy atom. The first kappa shape index (κ1) is 14.4. The molecule has 5 heteroatoms. The molecule has 2 N–H and O–H groups in total. The van der Waals surface area contributed by atoms with Gasteiger partial charge < -0.3 is 10.5 Å². The maximum atomic E-state index is 6.69. The summed E-state index contributed by atoms with van der Waals surface area (Å²) >= 11 is 6.51. The van der Waals surface area contributed by atoms with Gasteiger partial charge in [-0.25, -0.2) is 0 Å². The van der Waals surface area contributed by atoms with E-state index in [1.807, 2.05) is 4.68 Å². The summed E-state index contributed by atoms with van der Waals surface area (Å²) in [6, 6.07) is 0. The molecule has 2 atom stereocenters. The molecule has 1 saturated carbocycles. The maximum Gasteiger partial charge on any atom is 0.0850 e. The zero-order valence-electron chi connectivity index (χ0n) is 12.4. The van der Waals surface area contributed by atoms with E-state index in [9.17, 15) is 0 Å². The lowest BCUT2D eigenvalue weighted by atomic mass is 9.85. The number of hydrogen-bond donors (Lipinski definition) is 1. The molecule has 1 aliphatic heterocycles. The Labute approximate surface area is 125 Å². The van der Waals surface area contributed by atoms with Gasteiger partial charge in [-0.15, -0.1) is 0 Å². The molecule has 1 aliphatic carbocycles. The Kier molecular flexibility index (Phi) is 3.82. The summed E-state index contributed by atoms with van der Waals surface area (Å²) < 4.78 is 7.93. The number of rotatable bonds is 5. The molecular formula is C15H24ClN3O. The smallest absolute Gasteiger partial charge is 0.0850 e. The van der Waals surface area contributed by atoms with Crippen LogP contribution in [0.25, 0.3) is 0 Å². The summed E-state index contributed by atoms with van der Waals surface area (Å²) in [7, 11) is 0. The number of hydrogen-bond acceptors (Lipinski definition) is 3. The Bertz CT molecular complexity index is 498. The highest BCUT2D eigenvalue weighted by atomic mass is 35.5. The number of halogens is 1. The molecule has 1 aromatic heterocycles. The molecule has 0 spiro atoms. The van der Waals surface area contributed by atoms with Crippen LogP contribution >= 0.6 is 11.6 Å². The van der Waals surface area contributed by atoms with Gasteiger partial charge in [0, 0.05) is 19.6 Å². The van der Waals surface area contributed by atoms with Crippen LogP contribution in [-0.4, -0.2) is 28.0 Å². The fourth-order valence-corrected chi connectivity index (χ4v) is 3.71. The van der Waals surface area contributed by atoms with Crippen LogP contribution in [0.2, 0.25) is 5.02 Å². The molecular weight excluding hydrogens is 274 g/mol. The van der Waals surface area contributed by atoms with Gasteiger partial charge in [-0.1, -0.05) is 18.5 Å². The molecule has 4 nitrogen and oxygen atoms in total. The Morgan fingerprint density at radius 1 is 1.45 bits per heavy atom. The summed E-state index contributed by atoms with van der Waals surface area (Å²) in [6.07, 6.45) is 5.26. The predicted octanol–water partition coefficient (Wildman–Crippen LogP) is 2.56. The molecule has 2 fully saturated rings. The molecule has 20 heavy (non-hydrogen) atoms. The van der Waals surface area contributed by atoms with Gasteiger partial charge in [0.1, 0.15) is 0 Å². The van der Waals surface area contributed by atoms with Crippen molar-refractivity contribution in [2.45, 2.75) is 64.1 Å². The minimum absolute atomic E-state index is 0.198. The van der Waals surface area contributed by atoms with E-state index in [2.05, 4.69) is 18.9 Å². The van der Waals surface area contributed by atoms with Crippen LogP contribution in [0.15, 0.2) is 0 Å². The summed E-state index contributed by atoms with van der Waals surface area (Å²) in [6.45, 7) is 5.79. The fraction of sp³-hybridized carbons (Fsp3) is 0.800. The van der Waals surface area contributed by atoms with Crippen LogP contribution in [0.3, 0.4) is 0 Å². The predicted molar refractivity (Wildman–Crippen MR) is 80.0 cm³/mol. The first-order valence-corrected chi connectivity index (χ1v) is 8.11. The second-order valence-electron chi connectivity index (χ2n) is 6.17. The molecule has 2 heterocycles. The van der Waals surface area contributed by atoms with Crippen molar-refractivity contribution in [1.82, 2.24) is 9.78 Å². The third-order valence-corrected chi connectivity index (χ3v) is 5.11.